The molecule has 0 saturated carbocycles. The van der Waals surface area contributed by atoms with Gasteiger partial charge in [-0.3, -0.25) is 4.40 Å². The van der Waals surface area contributed by atoms with E-state index in [9.17, 15) is 4.79 Å². The van der Waals surface area contributed by atoms with Crippen molar-refractivity contribution in [3.05, 3.63) is 72.7 Å². The minimum Gasteiger partial charge on any atom is -0.324 e. The van der Waals surface area contributed by atoms with E-state index in [0.29, 0.717) is 19.0 Å². The third-order valence-corrected chi connectivity index (χ3v) is 5.52. The maximum Gasteiger partial charge on any atom is 0.321 e. The molecule has 0 spiro atoms. The number of urea groups is 1. The summed E-state index contributed by atoms with van der Waals surface area (Å²) >= 11 is 0. The van der Waals surface area contributed by atoms with Gasteiger partial charge < -0.3 is 10.2 Å². The van der Waals surface area contributed by atoms with Crippen LogP contribution in [0.2, 0.25) is 0 Å². The Kier molecular flexibility index (Phi) is 4.16. The molecule has 2 aromatic heterocycles. The molecule has 1 aliphatic heterocycles. The van der Waals surface area contributed by atoms with Crippen LogP contribution in [0.15, 0.2) is 66.9 Å². The lowest BCUT2D eigenvalue weighted by Crippen LogP contribution is -2.40. The number of hydrogen-bond acceptors (Lipinski definition) is 3. The molecule has 1 N–H and O–H groups in total. The first-order valence-corrected chi connectivity index (χ1v) is 9.63. The predicted octanol–water partition coefficient (Wildman–Crippen LogP) is 4.29. The van der Waals surface area contributed by atoms with E-state index in [1.54, 1.807) is 0 Å². The number of nitrogens with zero attached hydrogens (tertiary/aromatic N) is 4. The SMILES string of the molecule is O=C(Nc1cccc2ccccc12)N1CCC(c2nnc3ccccn23)CC1. The van der Waals surface area contributed by atoms with Crippen LogP contribution in [0.3, 0.4) is 0 Å². The number of hydrogen-bond donors (Lipinski definition) is 1. The molecule has 140 valence electrons. The molecular weight excluding hydrogens is 350 g/mol. The zero-order chi connectivity index (χ0) is 18.9. The minimum absolute atomic E-state index is 0.0408. The van der Waals surface area contributed by atoms with Gasteiger partial charge in [0.2, 0.25) is 0 Å². The summed E-state index contributed by atoms with van der Waals surface area (Å²) in [6.45, 7) is 1.42. The summed E-state index contributed by atoms with van der Waals surface area (Å²) in [7, 11) is 0. The molecule has 4 aromatic rings. The van der Waals surface area contributed by atoms with Crippen LogP contribution in [0, 0.1) is 0 Å². The van der Waals surface area contributed by atoms with Crippen LogP contribution in [0.1, 0.15) is 24.6 Å². The average Bonchev–Trinajstić information content (AvgIpc) is 3.18. The van der Waals surface area contributed by atoms with Crippen molar-refractivity contribution in [3.8, 4) is 0 Å². The fraction of sp³-hybridized carbons (Fsp3) is 0.227. The molecule has 1 aliphatic rings. The van der Waals surface area contributed by atoms with Crippen molar-refractivity contribution in [3.63, 3.8) is 0 Å². The molecule has 1 saturated heterocycles. The zero-order valence-electron chi connectivity index (χ0n) is 15.5. The topological polar surface area (TPSA) is 62.5 Å². The molecular formula is C22H21N5O. The summed E-state index contributed by atoms with van der Waals surface area (Å²) in [5.41, 5.74) is 1.72. The van der Waals surface area contributed by atoms with Gasteiger partial charge in [0.05, 0.1) is 5.69 Å². The molecule has 0 bridgehead atoms. The summed E-state index contributed by atoms with van der Waals surface area (Å²) in [5.74, 6) is 1.31. The number of benzene rings is 2. The molecule has 1 fully saturated rings. The molecule has 2 aromatic carbocycles. The smallest absolute Gasteiger partial charge is 0.321 e. The molecule has 3 heterocycles. The van der Waals surface area contributed by atoms with Crippen molar-refractivity contribution in [1.29, 1.82) is 0 Å². The van der Waals surface area contributed by atoms with E-state index in [4.69, 9.17) is 0 Å². The molecule has 28 heavy (non-hydrogen) atoms. The number of piperidine rings is 1. The number of pyridine rings is 1. The monoisotopic (exact) mass is 371 g/mol. The number of fused-ring (bicyclic) bond motifs is 2. The lowest BCUT2D eigenvalue weighted by Gasteiger charge is -2.31. The Morgan fingerprint density at radius 1 is 0.929 bits per heavy atom. The number of amides is 2. The molecule has 0 radical (unpaired) electrons. The number of anilines is 1. The van der Waals surface area contributed by atoms with Crippen LogP contribution < -0.4 is 5.32 Å². The molecule has 6 heteroatoms. The Balaban J connectivity index is 1.28. The molecule has 0 unspecified atom stereocenters. The fourth-order valence-electron chi connectivity index (χ4n) is 4.01. The highest BCUT2D eigenvalue weighted by atomic mass is 16.2. The lowest BCUT2D eigenvalue weighted by atomic mass is 9.96. The minimum atomic E-state index is -0.0408. The maximum atomic E-state index is 12.8. The molecule has 5 rings (SSSR count). The van der Waals surface area contributed by atoms with Crippen molar-refractivity contribution in [2.45, 2.75) is 18.8 Å². The van der Waals surface area contributed by atoms with Crippen molar-refractivity contribution < 1.29 is 4.79 Å². The Hall–Kier alpha value is -3.41. The lowest BCUT2D eigenvalue weighted by molar-refractivity contribution is 0.193. The summed E-state index contributed by atoms with van der Waals surface area (Å²) in [6, 6.07) is 20.0. The van der Waals surface area contributed by atoms with Gasteiger partial charge in [-0.1, -0.05) is 42.5 Å². The summed E-state index contributed by atoms with van der Waals surface area (Å²) in [4.78, 5) is 14.7. The Labute approximate surface area is 162 Å². The maximum absolute atomic E-state index is 12.8. The molecule has 0 aliphatic carbocycles. The molecule has 6 nitrogen and oxygen atoms in total. The Bertz CT molecular complexity index is 1140. The number of aromatic nitrogens is 3. The first-order chi connectivity index (χ1) is 13.8. The second-order valence-electron chi connectivity index (χ2n) is 7.21. The Morgan fingerprint density at radius 2 is 1.71 bits per heavy atom. The van der Waals surface area contributed by atoms with Crippen LogP contribution >= 0.6 is 0 Å². The van der Waals surface area contributed by atoms with Crippen LogP contribution in [0.5, 0.6) is 0 Å². The normalized spacial score (nSPS) is 15.2. The Morgan fingerprint density at radius 3 is 2.61 bits per heavy atom. The van der Waals surface area contributed by atoms with Crippen LogP contribution in [0.25, 0.3) is 16.4 Å². The third-order valence-electron chi connectivity index (χ3n) is 5.52. The van der Waals surface area contributed by atoms with E-state index in [-0.39, 0.29) is 6.03 Å². The van der Waals surface area contributed by atoms with Gasteiger partial charge in [0.25, 0.3) is 0 Å². The standard InChI is InChI=1S/C22H21N5O/c28-22(23-19-9-5-7-16-6-1-2-8-18(16)19)26-14-11-17(12-15-26)21-25-24-20-10-3-4-13-27(20)21/h1-10,13,17H,11-12,14-15H2,(H,23,28). The van der Waals surface area contributed by atoms with E-state index in [1.807, 2.05) is 59.6 Å². The van der Waals surface area contributed by atoms with Crippen LogP contribution in [-0.4, -0.2) is 38.6 Å². The van der Waals surface area contributed by atoms with Gasteiger partial charge >= 0.3 is 6.03 Å². The van der Waals surface area contributed by atoms with Crippen molar-refractivity contribution in [2.24, 2.45) is 0 Å². The van der Waals surface area contributed by atoms with Gasteiger partial charge in [0, 0.05) is 30.6 Å². The van der Waals surface area contributed by atoms with Crippen molar-refractivity contribution in [1.82, 2.24) is 19.5 Å². The van der Waals surface area contributed by atoms with Gasteiger partial charge in [0.15, 0.2) is 5.65 Å². The van der Waals surface area contributed by atoms with E-state index in [2.05, 4.69) is 32.0 Å². The third kappa shape index (κ3) is 2.97. The van der Waals surface area contributed by atoms with Crippen molar-refractivity contribution in [2.75, 3.05) is 18.4 Å². The van der Waals surface area contributed by atoms with Crippen LogP contribution in [-0.2, 0) is 0 Å². The molecule has 2 amide bonds. The number of rotatable bonds is 2. The quantitative estimate of drug-likeness (QED) is 0.572. The second-order valence-corrected chi connectivity index (χ2v) is 7.21. The van der Waals surface area contributed by atoms with Gasteiger partial charge in [-0.25, -0.2) is 4.79 Å². The molecule has 0 atom stereocenters. The van der Waals surface area contributed by atoms with Gasteiger partial charge in [-0.05, 0) is 36.4 Å². The second kappa shape index (κ2) is 6.96. The average molecular weight is 371 g/mol. The largest absolute Gasteiger partial charge is 0.324 e. The number of likely N-dealkylation sites (tertiary alicyclic amines) is 1. The number of nitrogens with one attached hydrogen (secondary N) is 1. The fourth-order valence-corrected chi connectivity index (χ4v) is 4.01. The predicted molar refractivity (Wildman–Crippen MR) is 110 cm³/mol. The first-order valence-electron chi connectivity index (χ1n) is 9.63. The zero-order valence-corrected chi connectivity index (χ0v) is 15.5. The van der Waals surface area contributed by atoms with Gasteiger partial charge in [-0.15, -0.1) is 10.2 Å². The van der Waals surface area contributed by atoms with E-state index in [0.717, 1.165) is 40.8 Å². The van der Waals surface area contributed by atoms with E-state index in [1.165, 1.54) is 0 Å². The van der Waals surface area contributed by atoms with Crippen molar-refractivity contribution >= 4 is 28.1 Å². The van der Waals surface area contributed by atoms with E-state index >= 15 is 0 Å². The highest BCUT2D eigenvalue weighted by Gasteiger charge is 2.27. The van der Waals surface area contributed by atoms with Gasteiger partial charge in [0.1, 0.15) is 5.82 Å². The number of carbonyl (C=O) groups is 1. The summed E-state index contributed by atoms with van der Waals surface area (Å²) < 4.78 is 2.05. The highest BCUT2D eigenvalue weighted by Crippen LogP contribution is 2.28. The van der Waals surface area contributed by atoms with E-state index < -0.39 is 0 Å². The summed E-state index contributed by atoms with van der Waals surface area (Å²) in [6.07, 6.45) is 3.78. The van der Waals surface area contributed by atoms with Crippen LogP contribution in [0.4, 0.5) is 10.5 Å². The van der Waals surface area contributed by atoms with Gasteiger partial charge in [-0.2, -0.15) is 0 Å². The highest BCUT2D eigenvalue weighted by molar-refractivity contribution is 6.01. The number of carbonyl (C=O) groups excluding carboxylic acids is 1. The summed E-state index contributed by atoms with van der Waals surface area (Å²) in [5, 5.41) is 13.9. The first kappa shape index (κ1) is 16.7.